The van der Waals surface area contributed by atoms with Gasteiger partial charge < -0.3 is 9.52 Å². The lowest BCUT2D eigenvalue weighted by Crippen LogP contribution is -2.05. The summed E-state index contributed by atoms with van der Waals surface area (Å²) in [6.45, 7) is 4.36. The van der Waals surface area contributed by atoms with E-state index in [0.717, 1.165) is 38.2 Å². The van der Waals surface area contributed by atoms with Gasteiger partial charge in [0.1, 0.15) is 11.5 Å². The van der Waals surface area contributed by atoms with E-state index in [9.17, 15) is 9.90 Å². The van der Waals surface area contributed by atoms with Gasteiger partial charge in [0.05, 0.1) is 6.07 Å². The van der Waals surface area contributed by atoms with Crippen LogP contribution in [0.15, 0.2) is 21.3 Å². The molecule has 0 unspecified atom stereocenters. The van der Waals surface area contributed by atoms with Gasteiger partial charge in [-0.25, -0.2) is 4.79 Å². The van der Waals surface area contributed by atoms with Crippen molar-refractivity contribution in [2.24, 2.45) is 0 Å². The van der Waals surface area contributed by atoms with Gasteiger partial charge in [-0.1, -0.05) is 52.4 Å². The fourth-order valence-electron chi connectivity index (χ4n) is 2.38. The van der Waals surface area contributed by atoms with Crippen molar-refractivity contribution in [2.75, 3.05) is 0 Å². The Labute approximate surface area is 115 Å². The minimum Gasteiger partial charge on any atom is -0.508 e. The first-order valence-electron chi connectivity index (χ1n) is 7.51. The Kier molecular flexibility index (Phi) is 7.31. The summed E-state index contributed by atoms with van der Waals surface area (Å²) >= 11 is 0. The topological polar surface area (TPSA) is 50.4 Å². The maximum Gasteiger partial charge on any atom is 0.339 e. The first-order valence-corrected chi connectivity index (χ1v) is 7.51. The fraction of sp³-hybridized carbons (Fsp3) is 0.688. The number of unbranched alkanes of at least 4 members (excludes halogenated alkanes) is 4. The van der Waals surface area contributed by atoms with Gasteiger partial charge in [0.25, 0.3) is 0 Å². The van der Waals surface area contributed by atoms with Crippen molar-refractivity contribution in [1.29, 1.82) is 0 Å². The summed E-state index contributed by atoms with van der Waals surface area (Å²) in [6.07, 6.45) is 9.17. The molecule has 0 aromatic carbocycles. The van der Waals surface area contributed by atoms with Gasteiger partial charge in [0, 0.05) is 12.0 Å². The van der Waals surface area contributed by atoms with Gasteiger partial charge in [-0.05, 0) is 12.8 Å². The molecular weight excluding hydrogens is 240 g/mol. The number of rotatable bonds is 9. The Bertz CT molecular complexity index is 409. The van der Waals surface area contributed by atoms with Crippen molar-refractivity contribution in [3.05, 3.63) is 28.3 Å². The second-order valence-electron chi connectivity index (χ2n) is 5.23. The van der Waals surface area contributed by atoms with E-state index in [0.29, 0.717) is 5.76 Å². The second kappa shape index (κ2) is 8.78. The quantitative estimate of drug-likeness (QED) is 0.665. The van der Waals surface area contributed by atoms with Crippen LogP contribution in [0.4, 0.5) is 0 Å². The SMILES string of the molecule is CCCCCC[C@H](CCCC)c1cc(O)cc(=O)o1. The standard InChI is InChI=1S/C16H26O3/c1-3-5-7-8-10-13(9-6-4-2)15-11-14(17)12-16(18)19-15/h11-13,17H,3-10H2,1-2H3/t13-/m0/s1. The molecule has 0 bridgehead atoms. The van der Waals surface area contributed by atoms with Crippen molar-refractivity contribution in [3.63, 3.8) is 0 Å². The number of aromatic hydroxyl groups is 1. The largest absolute Gasteiger partial charge is 0.508 e. The molecule has 3 nitrogen and oxygen atoms in total. The molecule has 1 rings (SSSR count). The van der Waals surface area contributed by atoms with Crippen molar-refractivity contribution in [2.45, 2.75) is 71.1 Å². The van der Waals surface area contributed by atoms with E-state index < -0.39 is 5.63 Å². The van der Waals surface area contributed by atoms with Crippen LogP contribution < -0.4 is 5.63 Å². The molecule has 19 heavy (non-hydrogen) atoms. The van der Waals surface area contributed by atoms with Crippen LogP contribution in [0.25, 0.3) is 0 Å². The molecule has 0 fully saturated rings. The lowest BCUT2D eigenvalue weighted by molar-refractivity contribution is 0.371. The van der Waals surface area contributed by atoms with Crippen molar-refractivity contribution < 1.29 is 9.52 Å². The van der Waals surface area contributed by atoms with Gasteiger partial charge >= 0.3 is 5.63 Å². The highest BCUT2D eigenvalue weighted by atomic mass is 16.4. The molecule has 0 radical (unpaired) electrons. The van der Waals surface area contributed by atoms with Crippen LogP contribution in [0, 0.1) is 0 Å². The van der Waals surface area contributed by atoms with E-state index in [1.54, 1.807) is 6.07 Å². The highest BCUT2D eigenvalue weighted by molar-refractivity contribution is 5.20. The highest BCUT2D eigenvalue weighted by Gasteiger charge is 2.15. The van der Waals surface area contributed by atoms with Crippen LogP contribution in [-0.4, -0.2) is 5.11 Å². The Morgan fingerprint density at radius 2 is 1.74 bits per heavy atom. The fourth-order valence-corrected chi connectivity index (χ4v) is 2.38. The summed E-state index contributed by atoms with van der Waals surface area (Å²) in [6, 6.07) is 2.72. The van der Waals surface area contributed by atoms with Crippen LogP contribution in [0.3, 0.4) is 0 Å². The summed E-state index contributed by atoms with van der Waals surface area (Å²) < 4.78 is 5.26. The van der Waals surface area contributed by atoms with Gasteiger partial charge in [-0.3, -0.25) is 0 Å². The Morgan fingerprint density at radius 1 is 1.05 bits per heavy atom. The molecule has 0 spiro atoms. The van der Waals surface area contributed by atoms with Crippen LogP contribution in [0.2, 0.25) is 0 Å². The Hall–Kier alpha value is -1.25. The molecule has 0 amide bonds. The molecule has 1 heterocycles. The zero-order chi connectivity index (χ0) is 14.1. The van der Waals surface area contributed by atoms with Gasteiger partial charge in [-0.15, -0.1) is 0 Å². The van der Waals surface area contributed by atoms with E-state index in [4.69, 9.17) is 4.42 Å². The molecule has 0 aliphatic heterocycles. The highest BCUT2D eigenvalue weighted by Crippen LogP contribution is 2.28. The zero-order valence-electron chi connectivity index (χ0n) is 12.2. The minimum absolute atomic E-state index is 0.0151. The third-order valence-corrected chi connectivity index (χ3v) is 3.49. The number of hydrogen-bond acceptors (Lipinski definition) is 3. The minimum atomic E-state index is -0.454. The average Bonchev–Trinajstić information content (AvgIpc) is 2.36. The summed E-state index contributed by atoms with van der Waals surface area (Å²) in [5, 5.41) is 9.52. The third kappa shape index (κ3) is 5.95. The lowest BCUT2D eigenvalue weighted by Gasteiger charge is -2.15. The second-order valence-corrected chi connectivity index (χ2v) is 5.23. The molecule has 1 atom stereocenters. The van der Waals surface area contributed by atoms with Gasteiger partial charge in [-0.2, -0.15) is 0 Å². The van der Waals surface area contributed by atoms with E-state index in [-0.39, 0.29) is 11.7 Å². The van der Waals surface area contributed by atoms with Crippen molar-refractivity contribution in [1.82, 2.24) is 0 Å². The molecule has 1 aromatic heterocycles. The van der Waals surface area contributed by atoms with Crippen LogP contribution in [0.5, 0.6) is 5.75 Å². The third-order valence-electron chi connectivity index (χ3n) is 3.49. The van der Waals surface area contributed by atoms with E-state index in [2.05, 4.69) is 13.8 Å². The van der Waals surface area contributed by atoms with Gasteiger partial charge in [0.15, 0.2) is 0 Å². The normalized spacial score (nSPS) is 12.5. The molecule has 0 saturated carbocycles. The first-order chi connectivity index (χ1) is 9.17. The summed E-state index contributed by atoms with van der Waals surface area (Å²) in [5.74, 6) is 0.924. The first kappa shape index (κ1) is 15.8. The summed E-state index contributed by atoms with van der Waals surface area (Å²) in [5.41, 5.74) is -0.454. The van der Waals surface area contributed by atoms with Crippen molar-refractivity contribution >= 4 is 0 Å². The molecular formula is C16H26O3. The van der Waals surface area contributed by atoms with Crippen LogP contribution in [-0.2, 0) is 0 Å². The number of hydrogen-bond donors (Lipinski definition) is 1. The van der Waals surface area contributed by atoms with Crippen LogP contribution in [0.1, 0.15) is 76.9 Å². The zero-order valence-corrected chi connectivity index (χ0v) is 12.2. The van der Waals surface area contributed by atoms with E-state index in [1.165, 1.54) is 19.3 Å². The monoisotopic (exact) mass is 266 g/mol. The van der Waals surface area contributed by atoms with E-state index in [1.807, 2.05) is 0 Å². The predicted molar refractivity (Wildman–Crippen MR) is 77.7 cm³/mol. The smallest absolute Gasteiger partial charge is 0.339 e. The summed E-state index contributed by atoms with van der Waals surface area (Å²) in [7, 11) is 0. The van der Waals surface area contributed by atoms with E-state index >= 15 is 0 Å². The predicted octanol–water partition coefficient (Wildman–Crippen LogP) is 4.59. The molecule has 3 heteroatoms. The molecule has 1 N–H and O–H groups in total. The molecule has 0 aliphatic carbocycles. The lowest BCUT2D eigenvalue weighted by atomic mass is 9.92. The maximum atomic E-state index is 11.3. The van der Waals surface area contributed by atoms with Crippen LogP contribution >= 0.6 is 0 Å². The summed E-state index contributed by atoms with van der Waals surface area (Å²) in [4.78, 5) is 11.3. The molecule has 108 valence electrons. The Balaban J connectivity index is 2.68. The average molecular weight is 266 g/mol. The van der Waals surface area contributed by atoms with Gasteiger partial charge in [0.2, 0.25) is 0 Å². The molecule has 0 aliphatic rings. The molecule has 0 saturated heterocycles. The maximum absolute atomic E-state index is 11.3. The molecule has 1 aromatic rings. The van der Waals surface area contributed by atoms with Crippen molar-refractivity contribution in [3.8, 4) is 5.75 Å². The Morgan fingerprint density at radius 3 is 2.37 bits per heavy atom.